The molecular weight excluding hydrogens is 244 g/mol. The highest BCUT2D eigenvalue weighted by atomic mass is 16.3. The molecule has 0 atom stereocenters. The van der Waals surface area contributed by atoms with Crippen molar-refractivity contribution in [1.82, 2.24) is 9.57 Å². The van der Waals surface area contributed by atoms with E-state index >= 15 is 0 Å². The topological polar surface area (TPSA) is 96.2 Å². The Bertz CT molecular complexity index is 529. The second-order valence-electron chi connectivity index (χ2n) is 4.21. The van der Waals surface area contributed by atoms with E-state index in [2.05, 4.69) is 16.4 Å². The summed E-state index contributed by atoms with van der Waals surface area (Å²) in [5.74, 6) is 0.613. The molecule has 0 unspecified atom stereocenters. The van der Waals surface area contributed by atoms with Gasteiger partial charge in [0.1, 0.15) is 6.72 Å². The monoisotopic (exact) mass is 263 g/mol. The zero-order chi connectivity index (χ0) is 14.4. The van der Waals surface area contributed by atoms with E-state index in [1.54, 1.807) is 13.0 Å². The fourth-order valence-electron chi connectivity index (χ4n) is 1.52. The molecule has 4 N–H and O–H groups in total. The molecular formula is C13H19N4O2+. The van der Waals surface area contributed by atoms with Crippen LogP contribution in [0.4, 0.5) is 0 Å². The van der Waals surface area contributed by atoms with E-state index < -0.39 is 0 Å². The number of guanidine groups is 1. The molecule has 6 heteroatoms. The van der Waals surface area contributed by atoms with Gasteiger partial charge in [-0.2, -0.15) is 0 Å². The predicted octanol–water partition coefficient (Wildman–Crippen LogP) is 0.0730. The van der Waals surface area contributed by atoms with E-state index in [-0.39, 0.29) is 11.5 Å². The molecule has 0 bridgehead atoms. The third-order valence-electron chi connectivity index (χ3n) is 2.53. The lowest BCUT2D eigenvalue weighted by Gasteiger charge is -2.09. The van der Waals surface area contributed by atoms with Gasteiger partial charge in [-0.15, -0.1) is 0 Å². The fourth-order valence-corrected chi connectivity index (χ4v) is 1.52. The minimum atomic E-state index is -0.125. The molecule has 0 aliphatic rings. The molecule has 1 aromatic rings. The summed E-state index contributed by atoms with van der Waals surface area (Å²) in [6.07, 6.45) is 0.669. The van der Waals surface area contributed by atoms with E-state index in [0.717, 1.165) is 5.56 Å². The van der Waals surface area contributed by atoms with Gasteiger partial charge in [-0.1, -0.05) is 6.07 Å². The third kappa shape index (κ3) is 4.37. The fraction of sp³-hybridized carbons (Fsp3) is 0.308. The van der Waals surface area contributed by atoms with Crippen molar-refractivity contribution >= 4 is 18.5 Å². The Morgan fingerprint density at radius 2 is 2.11 bits per heavy atom. The minimum absolute atomic E-state index is 0.123. The van der Waals surface area contributed by atoms with Crippen molar-refractivity contribution in [2.45, 2.75) is 13.3 Å². The van der Waals surface area contributed by atoms with Gasteiger partial charge in [-0.3, -0.25) is 4.90 Å². The average Bonchev–Trinajstić information content (AvgIpc) is 2.36. The molecule has 0 saturated heterocycles. The van der Waals surface area contributed by atoms with Crippen LogP contribution in [0.2, 0.25) is 0 Å². The first kappa shape index (κ1) is 14.6. The first-order valence-corrected chi connectivity index (χ1v) is 5.80. The Labute approximate surface area is 112 Å². The van der Waals surface area contributed by atoms with Crippen LogP contribution in [-0.2, 0) is 6.42 Å². The van der Waals surface area contributed by atoms with Gasteiger partial charge in [0.2, 0.25) is 0 Å². The van der Waals surface area contributed by atoms with Gasteiger partial charge in [-0.25, -0.2) is 4.67 Å². The van der Waals surface area contributed by atoms with Crippen LogP contribution < -0.4 is 10.4 Å². The summed E-state index contributed by atoms with van der Waals surface area (Å²) in [4.78, 5) is 5.87. The molecule has 102 valence electrons. The summed E-state index contributed by atoms with van der Waals surface area (Å²) in [6, 6.07) is 4.74. The Hall–Kier alpha value is -2.46. The molecule has 1 aromatic carbocycles. The number of nitrogens with two attached hydrogens (primary N) is 1. The molecule has 0 radical (unpaired) electrons. The summed E-state index contributed by atoms with van der Waals surface area (Å²) in [5, 5.41) is 18.6. The molecule has 19 heavy (non-hydrogen) atoms. The largest absolute Gasteiger partial charge is 0.504 e. The lowest BCUT2D eigenvalue weighted by Crippen LogP contribution is -2.30. The predicted molar refractivity (Wildman–Crippen MR) is 77.7 cm³/mol. The SMILES string of the molecule is C=[N+]=C(N=C(C)N)N(C)CCc1ccc(O)c(O)c1. The summed E-state index contributed by atoms with van der Waals surface area (Å²) < 4.78 is 3.81. The average molecular weight is 263 g/mol. The number of nitrogens with zero attached hydrogens (tertiary/aromatic N) is 3. The van der Waals surface area contributed by atoms with Crippen molar-refractivity contribution in [3.05, 3.63) is 23.8 Å². The van der Waals surface area contributed by atoms with Crippen LogP contribution in [0.5, 0.6) is 11.5 Å². The van der Waals surface area contributed by atoms with Crippen LogP contribution in [0.25, 0.3) is 0 Å². The van der Waals surface area contributed by atoms with Crippen LogP contribution in [-0.4, -0.2) is 47.2 Å². The summed E-state index contributed by atoms with van der Waals surface area (Å²) in [6.45, 7) is 5.76. The number of amidine groups is 1. The number of likely N-dealkylation sites (N-methyl/N-ethyl adjacent to an activating group) is 1. The third-order valence-corrected chi connectivity index (χ3v) is 2.53. The Morgan fingerprint density at radius 3 is 2.63 bits per heavy atom. The first-order chi connectivity index (χ1) is 8.93. The normalized spacial score (nSPS) is 10.9. The minimum Gasteiger partial charge on any atom is -0.504 e. The van der Waals surface area contributed by atoms with Crippen molar-refractivity contribution in [1.29, 1.82) is 0 Å². The molecule has 6 nitrogen and oxygen atoms in total. The van der Waals surface area contributed by atoms with Crippen LogP contribution in [0.15, 0.2) is 23.2 Å². The summed E-state index contributed by atoms with van der Waals surface area (Å²) >= 11 is 0. The van der Waals surface area contributed by atoms with Gasteiger partial charge in [-0.05, 0) is 22.7 Å². The number of phenolic OH excluding ortho intramolecular Hbond substituents is 2. The van der Waals surface area contributed by atoms with E-state index in [9.17, 15) is 10.2 Å². The van der Waals surface area contributed by atoms with Crippen LogP contribution in [0.1, 0.15) is 12.5 Å². The number of aliphatic imine (C=N–C) groups is 1. The van der Waals surface area contributed by atoms with E-state index in [4.69, 9.17) is 5.73 Å². The smallest absolute Gasteiger partial charge is 0.483 e. The van der Waals surface area contributed by atoms with E-state index in [0.29, 0.717) is 24.8 Å². The van der Waals surface area contributed by atoms with Crippen molar-refractivity contribution < 1.29 is 10.2 Å². The van der Waals surface area contributed by atoms with Gasteiger partial charge < -0.3 is 15.9 Å². The molecule has 0 aliphatic heterocycles. The maximum atomic E-state index is 9.40. The Kier molecular flexibility index (Phi) is 4.97. The summed E-state index contributed by atoms with van der Waals surface area (Å²) in [7, 11) is 1.83. The number of rotatable bonds is 3. The number of aromatic hydroxyl groups is 2. The molecule has 1 rings (SSSR count). The number of benzene rings is 1. The number of hydrogen-bond acceptors (Lipinski definition) is 2. The van der Waals surface area contributed by atoms with Crippen molar-refractivity contribution in [2.24, 2.45) is 10.7 Å². The van der Waals surface area contributed by atoms with Gasteiger partial charge in [0.25, 0.3) is 0 Å². The number of phenols is 2. The lowest BCUT2D eigenvalue weighted by molar-refractivity contribution is 0.402. The van der Waals surface area contributed by atoms with Crippen molar-refractivity contribution in [3.8, 4) is 11.5 Å². The molecule has 0 heterocycles. The summed E-state index contributed by atoms with van der Waals surface area (Å²) in [5.41, 5.74) is 6.41. The maximum absolute atomic E-state index is 9.40. The lowest BCUT2D eigenvalue weighted by atomic mass is 10.1. The van der Waals surface area contributed by atoms with Crippen LogP contribution in [0, 0.1) is 0 Å². The zero-order valence-electron chi connectivity index (χ0n) is 11.2. The van der Waals surface area contributed by atoms with Gasteiger partial charge in [0.15, 0.2) is 17.3 Å². The maximum Gasteiger partial charge on any atom is 0.483 e. The second-order valence-corrected chi connectivity index (χ2v) is 4.21. The first-order valence-electron chi connectivity index (χ1n) is 5.80. The standard InChI is InChI=1S/C13H18N4O2/c1-9(14)16-13(15-2)17(3)7-6-10-4-5-11(18)12(19)8-10/h4-5,8,14,18-19H,2,6-7H2,1,3H3/p+1. The second kappa shape index (κ2) is 6.47. The molecule has 0 aliphatic carbocycles. The van der Waals surface area contributed by atoms with Gasteiger partial charge in [0, 0.05) is 13.3 Å². The van der Waals surface area contributed by atoms with Crippen molar-refractivity contribution in [3.63, 3.8) is 0 Å². The highest BCUT2D eigenvalue weighted by Crippen LogP contribution is 2.24. The Balaban J connectivity index is 2.68. The zero-order valence-corrected chi connectivity index (χ0v) is 11.2. The molecule has 0 amide bonds. The van der Waals surface area contributed by atoms with Gasteiger partial charge in [0.05, 0.1) is 13.6 Å². The Morgan fingerprint density at radius 1 is 1.42 bits per heavy atom. The molecule has 0 aromatic heterocycles. The molecule has 0 saturated carbocycles. The van der Waals surface area contributed by atoms with E-state index in [1.807, 2.05) is 11.9 Å². The van der Waals surface area contributed by atoms with E-state index in [1.165, 1.54) is 12.1 Å². The van der Waals surface area contributed by atoms with Crippen molar-refractivity contribution in [2.75, 3.05) is 13.6 Å². The van der Waals surface area contributed by atoms with Crippen LogP contribution >= 0.6 is 0 Å². The van der Waals surface area contributed by atoms with Crippen LogP contribution in [0.3, 0.4) is 0 Å². The highest BCUT2D eigenvalue weighted by molar-refractivity contribution is 5.93. The highest BCUT2D eigenvalue weighted by Gasteiger charge is 2.15. The number of hydrogen-bond donors (Lipinski definition) is 3. The molecule has 0 spiro atoms. The van der Waals surface area contributed by atoms with Gasteiger partial charge >= 0.3 is 5.96 Å². The quantitative estimate of drug-likeness (QED) is 0.311. The molecule has 0 fully saturated rings.